The number of anilines is 1. The number of hydrogen-bond donors (Lipinski definition) is 3. The van der Waals surface area contributed by atoms with E-state index in [-0.39, 0.29) is 22.8 Å². The Kier molecular flexibility index (Phi) is 8.24. The molecule has 0 radical (unpaired) electrons. The van der Waals surface area contributed by atoms with Crippen molar-refractivity contribution in [2.24, 2.45) is 11.1 Å². The Balaban J connectivity index is 2.38. The van der Waals surface area contributed by atoms with E-state index in [4.69, 9.17) is 10.2 Å². The fourth-order valence-corrected chi connectivity index (χ4v) is 5.50. The second-order valence-corrected chi connectivity index (χ2v) is 11.0. The van der Waals surface area contributed by atoms with Crippen LogP contribution in [0.4, 0.5) is 5.69 Å². The zero-order chi connectivity index (χ0) is 21.7. The fraction of sp³-hybridized carbons (Fsp3) is 0.579. The highest BCUT2D eigenvalue weighted by atomic mass is 32.2. The van der Waals surface area contributed by atoms with Crippen LogP contribution in [0.3, 0.4) is 0 Å². The predicted octanol–water partition coefficient (Wildman–Crippen LogP) is 1.88. The summed E-state index contributed by atoms with van der Waals surface area (Å²) in [5.41, 5.74) is 0.345. The van der Waals surface area contributed by atoms with Crippen LogP contribution in [0.2, 0.25) is 0 Å². The van der Waals surface area contributed by atoms with Gasteiger partial charge in [0.1, 0.15) is 4.90 Å². The van der Waals surface area contributed by atoms with Gasteiger partial charge < -0.3 is 10.4 Å². The number of nitrogens with two attached hydrogens (primary N) is 1. The monoisotopic (exact) mass is 445 g/mol. The van der Waals surface area contributed by atoms with Crippen LogP contribution in [0, 0.1) is 5.92 Å². The maximum absolute atomic E-state index is 13.2. The van der Waals surface area contributed by atoms with E-state index in [1.807, 2.05) is 0 Å². The number of nitrogens with one attached hydrogen (secondary N) is 1. The molecule has 0 spiro atoms. The van der Waals surface area contributed by atoms with Crippen LogP contribution in [-0.4, -0.2) is 52.5 Å². The fourth-order valence-electron chi connectivity index (χ4n) is 3.30. The number of aliphatic hydroxyl groups excluding tert-OH is 1. The lowest BCUT2D eigenvalue weighted by Gasteiger charge is -2.26. The van der Waals surface area contributed by atoms with Gasteiger partial charge in [-0.25, -0.2) is 22.0 Å². The molecule has 0 saturated carbocycles. The second-order valence-electron chi connectivity index (χ2n) is 7.46. The van der Waals surface area contributed by atoms with Crippen molar-refractivity contribution in [2.45, 2.75) is 54.9 Å². The first kappa shape index (κ1) is 23.8. The summed E-state index contributed by atoms with van der Waals surface area (Å²) >= 11 is 0. The summed E-state index contributed by atoms with van der Waals surface area (Å²) in [4.78, 5) is -0.397. The van der Waals surface area contributed by atoms with E-state index >= 15 is 0 Å². The average molecular weight is 446 g/mol. The minimum Gasteiger partial charge on any atom is -0.396 e. The van der Waals surface area contributed by atoms with Crippen molar-refractivity contribution in [3.8, 4) is 0 Å². The van der Waals surface area contributed by atoms with E-state index in [0.29, 0.717) is 18.2 Å². The molecule has 1 atom stereocenters. The number of hydrogen-bond acceptors (Lipinski definition) is 6. The van der Waals surface area contributed by atoms with Crippen LogP contribution in [0.5, 0.6) is 0 Å². The van der Waals surface area contributed by atoms with Crippen LogP contribution in [0.1, 0.15) is 39.0 Å². The molecule has 8 nitrogen and oxygen atoms in total. The summed E-state index contributed by atoms with van der Waals surface area (Å²) < 4.78 is 51.1. The molecule has 1 unspecified atom stereocenters. The normalized spacial score (nSPS) is 17.3. The zero-order valence-electron chi connectivity index (χ0n) is 16.9. The van der Waals surface area contributed by atoms with E-state index < -0.39 is 26.1 Å². The summed E-state index contributed by atoms with van der Waals surface area (Å²) in [5.74, 6) is 0.393. The molecule has 1 aromatic carbocycles. The van der Waals surface area contributed by atoms with Crippen molar-refractivity contribution in [1.82, 2.24) is 4.31 Å². The van der Waals surface area contributed by atoms with Crippen LogP contribution in [0.25, 0.3) is 0 Å². The Morgan fingerprint density at radius 2 is 1.83 bits per heavy atom. The molecule has 164 valence electrons. The Hall–Kier alpha value is -1.46. The van der Waals surface area contributed by atoms with E-state index in [9.17, 15) is 16.8 Å². The molecule has 2 rings (SSSR count). The summed E-state index contributed by atoms with van der Waals surface area (Å²) in [6, 6.07) is 3.40. The molecule has 1 aliphatic rings. The van der Waals surface area contributed by atoms with Gasteiger partial charge in [-0.3, -0.25) is 0 Å². The number of nitrogens with zero attached hydrogens (tertiary/aromatic N) is 1. The van der Waals surface area contributed by atoms with E-state index in [2.05, 4.69) is 17.5 Å². The number of allylic oxidation sites excluding steroid dienone is 2. The van der Waals surface area contributed by atoms with E-state index in [1.54, 1.807) is 6.92 Å². The highest BCUT2D eigenvalue weighted by Crippen LogP contribution is 2.29. The van der Waals surface area contributed by atoms with Gasteiger partial charge in [0, 0.05) is 26.2 Å². The summed E-state index contributed by atoms with van der Waals surface area (Å²) in [5, 5.41) is 17.6. The third kappa shape index (κ3) is 6.26. The Labute approximate surface area is 173 Å². The van der Waals surface area contributed by atoms with Crippen LogP contribution < -0.4 is 10.5 Å². The van der Waals surface area contributed by atoms with Gasteiger partial charge in [-0.1, -0.05) is 12.2 Å². The van der Waals surface area contributed by atoms with Gasteiger partial charge in [0.05, 0.1) is 10.6 Å². The maximum atomic E-state index is 13.2. The van der Waals surface area contributed by atoms with Gasteiger partial charge in [-0.15, -0.1) is 0 Å². The molecule has 0 heterocycles. The highest BCUT2D eigenvalue weighted by Gasteiger charge is 2.29. The molecule has 10 heteroatoms. The molecule has 29 heavy (non-hydrogen) atoms. The van der Waals surface area contributed by atoms with E-state index in [1.165, 1.54) is 19.2 Å². The molecule has 0 saturated heterocycles. The van der Waals surface area contributed by atoms with Crippen LogP contribution >= 0.6 is 0 Å². The molecule has 1 aliphatic carbocycles. The minimum atomic E-state index is -4.06. The summed E-state index contributed by atoms with van der Waals surface area (Å²) in [6.07, 6.45) is 8.58. The van der Waals surface area contributed by atoms with E-state index in [0.717, 1.165) is 36.1 Å². The Morgan fingerprint density at radius 1 is 1.21 bits per heavy atom. The zero-order valence-corrected chi connectivity index (χ0v) is 18.5. The molecule has 0 bridgehead atoms. The van der Waals surface area contributed by atoms with Gasteiger partial charge >= 0.3 is 0 Å². The van der Waals surface area contributed by atoms with Crippen molar-refractivity contribution in [1.29, 1.82) is 0 Å². The van der Waals surface area contributed by atoms with Gasteiger partial charge in [0.15, 0.2) is 0 Å². The first-order valence-electron chi connectivity index (χ1n) is 9.72. The molecule has 4 N–H and O–H groups in total. The highest BCUT2D eigenvalue weighted by molar-refractivity contribution is 7.90. The smallest absolute Gasteiger partial charge is 0.245 e. The van der Waals surface area contributed by atoms with Gasteiger partial charge in [-0.2, -0.15) is 4.31 Å². The minimum absolute atomic E-state index is 0.136. The molecule has 1 aromatic rings. The van der Waals surface area contributed by atoms with Crippen molar-refractivity contribution in [3.05, 3.63) is 30.4 Å². The number of rotatable bonds is 9. The molecule has 0 aliphatic heterocycles. The number of benzene rings is 1. The van der Waals surface area contributed by atoms with Crippen molar-refractivity contribution in [3.63, 3.8) is 0 Å². The van der Waals surface area contributed by atoms with Crippen LogP contribution in [-0.2, 0) is 20.0 Å². The summed E-state index contributed by atoms with van der Waals surface area (Å²) in [6.45, 7) is 2.12. The predicted molar refractivity (Wildman–Crippen MR) is 114 cm³/mol. The standard InChI is InChI=1S/C19H31N3O5S2/c1-15(11-12-23)22(2)29(26,27)19-13-17(28(20,24)25)9-10-18(19)21-14-16-7-5-3-4-6-8-16/h3-4,9-10,13,15-16,21,23H,5-8,11-12,14H2,1-2H3,(H2,20,24,25). The first-order valence-corrected chi connectivity index (χ1v) is 12.7. The lowest BCUT2D eigenvalue weighted by Crippen LogP contribution is -2.36. The first-order chi connectivity index (χ1) is 13.6. The topological polar surface area (TPSA) is 130 Å². The Bertz CT molecular complexity index is 919. The molecule has 0 aromatic heterocycles. The van der Waals surface area contributed by atoms with Gasteiger partial charge in [0.25, 0.3) is 0 Å². The Morgan fingerprint density at radius 3 is 2.38 bits per heavy atom. The third-order valence-corrected chi connectivity index (χ3v) is 8.26. The van der Waals surface area contributed by atoms with Crippen molar-refractivity contribution < 1.29 is 21.9 Å². The average Bonchev–Trinajstić information content (AvgIpc) is 2.93. The number of aliphatic hydroxyl groups is 1. The van der Waals surface area contributed by atoms with Crippen molar-refractivity contribution in [2.75, 3.05) is 25.5 Å². The number of sulfonamides is 2. The quantitative estimate of drug-likeness (QED) is 0.498. The largest absolute Gasteiger partial charge is 0.396 e. The van der Waals surface area contributed by atoms with Gasteiger partial charge in [-0.05, 0) is 63.1 Å². The second kappa shape index (κ2) is 10.0. The SMILES string of the molecule is CC(CCO)N(C)S(=O)(=O)c1cc(S(N)(=O)=O)ccc1NCC1CCC=CCC1. The van der Waals surface area contributed by atoms with Crippen LogP contribution in [0.15, 0.2) is 40.1 Å². The molecule has 0 fully saturated rings. The summed E-state index contributed by atoms with van der Waals surface area (Å²) in [7, 11) is -6.65. The lowest BCUT2D eigenvalue weighted by atomic mass is 10.00. The molecular formula is C19H31N3O5S2. The molecule has 0 amide bonds. The third-order valence-electron chi connectivity index (χ3n) is 5.34. The molecular weight excluding hydrogens is 414 g/mol. The van der Waals surface area contributed by atoms with Gasteiger partial charge in [0.2, 0.25) is 20.0 Å². The maximum Gasteiger partial charge on any atom is 0.245 e. The number of primary sulfonamides is 1. The van der Waals surface area contributed by atoms with Crippen molar-refractivity contribution >= 4 is 25.7 Å². The lowest BCUT2D eigenvalue weighted by molar-refractivity contribution is 0.246.